The number of amides is 1. The Labute approximate surface area is 256 Å². The molecule has 0 saturated carbocycles. The standard InChI is InChI=1S/C24H23N7O12S2/c1-24(2,22(37)38)43-30-18(13-9-44-23(25)29-13)16(33)5-10-14(31(20(10)35)45(39,40)41)8-42-21(36)11-3-4-26-19(28-11)12-6-15(32)17(34)7-27-12/h3-4,6-7,9-10,14,34H,5,8H2,1-2H3,(H2,25,29)(H,27,32)(H,37,38)(H,39,40,41)/b30-18-/t10-,14+/m0/s1. The molecule has 4 heterocycles. The number of Topliss-reactive ketones (excluding diaryl/α,β-unsaturated/α-hetero) is 1. The third kappa shape index (κ3) is 7.11. The molecule has 6 N–H and O–H groups in total. The molecule has 2 atom stereocenters. The molecular formula is C24H23N7O12S2. The fourth-order valence-corrected chi connectivity index (χ4v) is 5.29. The number of H-pyrrole nitrogens is 1. The molecule has 1 saturated heterocycles. The molecule has 1 fully saturated rings. The number of nitrogens with zero attached hydrogens (tertiary/aromatic N) is 5. The number of hydrogen-bond donors (Lipinski definition) is 5. The molecule has 21 heteroatoms. The van der Waals surface area contributed by atoms with E-state index in [0.29, 0.717) is 0 Å². The van der Waals surface area contributed by atoms with Gasteiger partial charge in [0.05, 0.1) is 17.7 Å². The van der Waals surface area contributed by atoms with Gasteiger partial charge in [0.25, 0.3) is 0 Å². The van der Waals surface area contributed by atoms with Gasteiger partial charge in [-0.25, -0.2) is 28.8 Å². The van der Waals surface area contributed by atoms with Crippen LogP contribution < -0.4 is 11.2 Å². The lowest BCUT2D eigenvalue weighted by atomic mass is 9.85. The molecule has 0 unspecified atom stereocenters. The second-order valence-corrected chi connectivity index (χ2v) is 12.0. The van der Waals surface area contributed by atoms with Crippen LogP contribution in [-0.4, -0.2) is 95.0 Å². The molecular weight excluding hydrogens is 642 g/mol. The van der Waals surface area contributed by atoms with E-state index >= 15 is 0 Å². The van der Waals surface area contributed by atoms with E-state index in [1.54, 1.807) is 0 Å². The van der Waals surface area contributed by atoms with Crippen molar-refractivity contribution in [2.45, 2.75) is 31.9 Å². The van der Waals surface area contributed by atoms with E-state index in [-0.39, 0.29) is 32.3 Å². The highest BCUT2D eigenvalue weighted by Crippen LogP contribution is 2.33. The first-order valence-electron chi connectivity index (χ1n) is 12.5. The summed E-state index contributed by atoms with van der Waals surface area (Å²) < 4.78 is 38.6. The van der Waals surface area contributed by atoms with Gasteiger partial charge in [-0.15, -0.1) is 11.3 Å². The Balaban J connectivity index is 1.55. The lowest BCUT2D eigenvalue weighted by Crippen LogP contribution is -2.65. The van der Waals surface area contributed by atoms with E-state index in [1.807, 2.05) is 0 Å². The molecule has 3 aromatic heterocycles. The number of nitrogens with one attached hydrogen (secondary N) is 1. The van der Waals surface area contributed by atoms with E-state index in [9.17, 15) is 47.2 Å². The number of carboxylic acids is 1. The van der Waals surface area contributed by atoms with Gasteiger partial charge in [0.1, 0.15) is 12.3 Å². The van der Waals surface area contributed by atoms with Gasteiger partial charge >= 0.3 is 22.2 Å². The van der Waals surface area contributed by atoms with E-state index < -0.39 is 81.4 Å². The van der Waals surface area contributed by atoms with Crippen molar-refractivity contribution >= 4 is 56.1 Å². The maximum absolute atomic E-state index is 13.3. The number of aromatic nitrogens is 4. The van der Waals surface area contributed by atoms with Crippen molar-refractivity contribution in [2.75, 3.05) is 12.3 Å². The number of aromatic amines is 1. The predicted molar refractivity (Wildman–Crippen MR) is 151 cm³/mol. The number of hydrogen-bond acceptors (Lipinski definition) is 16. The minimum atomic E-state index is -5.15. The van der Waals surface area contributed by atoms with Crippen LogP contribution in [0.3, 0.4) is 0 Å². The molecule has 0 bridgehead atoms. The topological polar surface area (TPSA) is 295 Å². The van der Waals surface area contributed by atoms with Gasteiger partial charge in [-0.05, 0) is 19.9 Å². The minimum absolute atomic E-state index is 0.0229. The van der Waals surface area contributed by atoms with Gasteiger partial charge in [-0.1, -0.05) is 5.16 Å². The van der Waals surface area contributed by atoms with Crippen molar-refractivity contribution in [3.63, 3.8) is 0 Å². The van der Waals surface area contributed by atoms with Crippen molar-refractivity contribution in [1.29, 1.82) is 0 Å². The van der Waals surface area contributed by atoms with Crippen LogP contribution in [0.25, 0.3) is 11.5 Å². The van der Waals surface area contributed by atoms with Crippen LogP contribution in [-0.2, 0) is 34.3 Å². The number of carboxylic acid groups (broad SMARTS) is 1. The Bertz CT molecular complexity index is 1890. The fourth-order valence-electron chi connectivity index (χ4n) is 3.83. The van der Waals surface area contributed by atoms with Crippen LogP contribution in [0.1, 0.15) is 36.5 Å². The number of carbonyl (C=O) groups excluding carboxylic acids is 3. The molecule has 4 rings (SSSR count). The molecule has 1 aliphatic rings. The SMILES string of the molecule is CC(C)(O/N=C(\C(=O)C[C@@H]1C(=O)N(S(=O)(=O)O)[C@@H]1COC(=O)c1ccnc(-c2cc(=O)c(O)c[nH]2)n1)c1csc(N)n1)C(=O)O. The zero-order valence-electron chi connectivity index (χ0n) is 23.1. The number of aliphatic carboxylic acids is 1. The van der Waals surface area contributed by atoms with Crippen LogP contribution in [0, 0.1) is 5.92 Å². The Kier molecular flexibility index (Phi) is 8.97. The molecule has 19 nitrogen and oxygen atoms in total. The fraction of sp³-hybridized carbons (Fsp3) is 0.292. The monoisotopic (exact) mass is 665 g/mol. The van der Waals surface area contributed by atoms with Crippen LogP contribution >= 0.6 is 11.3 Å². The number of esters is 1. The number of rotatable bonds is 12. The van der Waals surface area contributed by atoms with Crippen LogP contribution in [0.2, 0.25) is 0 Å². The maximum Gasteiger partial charge on any atom is 0.362 e. The Morgan fingerprint density at radius 1 is 1.22 bits per heavy atom. The number of oxime groups is 1. The van der Waals surface area contributed by atoms with E-state index in [0.717, 1.165) is 49.7 Å². The summed E-state index contributed by atoms with van der Waals surface area (Å²) in [6.07, 6.45) is 1.40. The predicted octanol–water partition coefficient (Wildman–Crippen LogP) is -0.394. The summed E-state index contributed by atoms with van der Waals surface area (Å²) in [6, 6.07) is 0.572. The summed E-state index contributed by atoms with van der Waals surface area (Å²) in [5, 5.41) is 23.7. The van der Waals surface area contributed by atoms with Gasteiger partial charge < -0.3 is 30.5 Å². The van der Waals surface area contributed by atoms with Crippen molar-refractivity contribution in [3.05, 3.63) is 51.5 Å². The highest BCUT2D eigenvalue weighted by atomic mass is 32.2. The summed E-state index contributed by atoms with van der Waals surface area (Å²) >= 11 is 0.921. The third-order valence-electron chi connectivity index (χ3n) is 6.25. The van der Waals surface area contributed by atoms with Gasteiger partial charge in [0.15, 0.2) is 33.9 Å². The molecule has 1 aliphatic heterocycles. The summed E-state index contributed by atoms with van der Waals surface area (Å²) in [5.41, 5.74) is 2.07. The number of nitrogen functional groups attached to an aromatic ring is 1. The number of ether oxygens (including phenoxy) is 1. The highest BCUT2D eigenvalue weighted by Gasteiger charge is 2.54. The molecule has 1 amide bonds. The second-order valence-electron chi connectivity index (χ2n) is 9.79. The molecule has 0 spiro atoms. The van der Waals surface area contributed by atoms with Crippen LogP contribution in [0.5, 0.6) is 5.75 Å². The number of aromatic hydroxyl groups is 1. The number of anilines is 1. The quantitative estimate of drug-likeness (QED) is 0.0541. The number of pyridine rings is 1. The highest BCUT2D eigenvalue weighted by molar-refractivity contribution is 7.84. The average Bonchev–Trinajstić information content (AvgIpc) is 3.39. The summed E-state index contributed by atoms with van der Waals surface area (Å²) in [4.78, 5) is 81.4. The summed E-state index contributed by atoms with van der Waals surface area (Å²) in [6.45, 7) is 1.49. The first kappa shape index (κ1) is 32.6. The Morgan fingerprint density at radius 3 is 2.53 bits per heavy atom. The first-order valence-corrected chi connectivity index (χ1v) is 14.7. The molecule has 0 aliphatic carbocycles. The summed E-state index contributed by atoms with van der Waals surface area (Å²) in [7, 11) is -5.15. The number of nitrogens with two attached hydrogens (primary N) is 1. The minimum Gasteiger partial charge on any atom is -0.503 e. The molecule has 0 radical (unpaired) electrons. The van der Waals surface area contributed by atoms with Crippen molar-refractivity contribution in [2.24, 2.45) is 11.1 Å². The normalized spacial score (nSPS) is 17.0. The lowest BCUT2D eigenvalue weighted by molar-refractivity contribution is -0.161. The van der Waals surface area contributed by atoms with Gasteiger partial charge in [0, 0.05) is 30.3 Å². The van der Waals surface area contributed by atoms with Crippen molar-refractivity contribution < 1.29 is 51.9 Å². The number of ketones is 1. The number of carbonyl (C=O) groups is 4. The molecule has 3 aromatic rings. The molecule has 238 valence electrons. The average molecular weight is 666 g/mol. The largest absolute Gasteiger partial charge is 0.503 e. The van der Waals surface area contributed by atoms with E-state index in [4.69, 9.17) is 15.3 Å². The Morgan fingerprint density at radius 2 is 1.93 bits per heavy atom. The Hall–Kier alpha value is -5.28. The van der Waals surface area contributed by atoms with Gasteiger partial charge in [-0.3, -0.25) is 18.9 Å². The first-order chi connectivity index (χ1) is 21.0. The smallest absolute Gasteiger partial charge is 0.362 e. The number of β-lactam (4-membered cyclic amide) rings is 1. The van der Waals surface area contributed by atoms with Crippen molar-refractivity contribution in [3.8, 4) is 17.3 Å². The van der Waals surface area contributed by atoms with Crippen LogP contribution in [0.15, 0.2) is 39.9 Å². The van der Waals surface area contributed by atoms with Gasteiger partial charge in [-0.2, -0.15) is 8.42 Å². The zero-order chi connectivity index (χ0) is 33.3. The summed E-state index contributed by atoms with van der Waals surface area (Å²) in [5.74, 6) is -6.82. The lowest BCUT2D eigenvalue weighted by Gasteiger charge is -2.43. The van der Waals surface area contributed by atoms with E-state index in [2.05, 4.69) is 25.1 Å². The van der Waals surface area contributed by atoms with Crippen LogP contribution in [0.4, 0.5) is 5.13 Å². The zero-order valence-corrected chi connectivity index (χ0v) is 24.7. The molecule has 45 heavy (non-hydrogen) atoms. The van der Waals surface area contributed by atoms with Crippen molar-refractivity contribution in [1.82, 2.24) is 24.2 Å². The van der Waals surface area contributed by atoms with Gasteiger partial charge in [0.2, 0.25) is 16.9 Å². The third-order valence-corrected chi connectivity index (χ3v) is 7.87. The second kappa shape index (κ2) is 12.4. The molecule has 0 aromatic carbocycles. The maximum atomic E-state index is 13.3. The number of thiazole rings is 1. The van der Waals surface area contributed by atoms with E-state index in [1.165, 1.54) is 5.38 Å².